The third-order valence-corrected chi connectivity index (χ3v) is 19.6. The first-order valence-electron chi connectivity index (χ1n) is 34.9. The van der Waals surface area contributed by atoms with Gasteiger partial charge in [0.2, 0.25) is 23.3 Å². The zero-order chi connectivity index (χ0) is 75.5. The number of carbonyl (C=O) groups is 10. The molecule has 0 spiro atoms. The van der Waals surface area contributed by atoms with E-state index in [1.165, 1.54) is 35.2 Å². The van der Waals surface area contributed by atoms with E-state index in [4.69, 9.17) is 28.7 Å². The minimum atomic E-state index is -4.16. The third kappa shape index (κ3) is 20.0. The number of amides is 7. The molecule has 105 heavy (non-hydrogen) atoms. The maximum atomic E-state index is 14.4. The molecule has 9 rings (SSSR count). The van der Waals surface area contributed by atoms with Crippen LogP contribution < -0.4 is 42.2 Å². The number of ether oxygens (including phenoxy) is 5. The van der Waals surface area contributed by atoms with E-state index in [9.17, 15) is 71.4 Å². The first-order chi connectivity index (χ1) is 50.3. The Labute approximate surface area is 606 Å². The van der Waals surface area contributed by atoms with E-state index in [1.807, 2.05) is 38.1 Å². The fourth-order valence-electron chi connectivity index (χ4n) is 12.9. The van der Waals surface area contributed by atoms with Gasteiger partial charge in [-0.2, -0.15) is 0 Å². The second-order valence-corrected chi connectivity index (χ2v) is 27.6. The Kier molecular flexibility index (Phi) is 27.1. The van der Waals surface area contributed by atoms with Gasteiger partial charge in [0.1, 0.15) is 30.5 Å². The van der Waals surface area contributed by atoms with Crippen LogP contribution in [0.4, 0.5) is 26.7 Å². The number of carboxylic acids is 2. The summed E-state index contributed by atoms with van der Waals surface area (Å²) in [6.45, 7) is 9.89. The number of sulfonamides is 1. The molecular weight excluding hydrogens is 1380 g/mol. The van der Waals surface area contributed by atoms with Gasteiger partial charge in [-0.3, -0.25) is 38.3 Å². The van der Waals surface area contributed by atoms with Crippen molar-refractivity contribution >= 4 is 97.4 Å². The molecule has 30 nitrogen and oxygen atoms in total. The summed E-state index contributed by atoms with van der Waals surface area (Å²) < 4.78 is 59.2. The van der Waals surface area contributed by atoms with Crippen molar-refractivity contribution in [3.63, 3.8) is 0 Å². The van der Waals surface area contributed by atoms with Gasteiger partial charge in [0.25, 0.3) is 15.6 Å². The number of aryl methyl sites for hydroxylation is 1. The lowest BCUT2D eigenvalue weighted by molar-refractivity contribution is -0.191. The highest BCUT2D eigenvalue weighted by Crippen LogP contribution is 2.43. The monoisotopic (exact) mass is 1470 g/mol. The predicted octanol–water partition coefficient (Wildman–Crippen LogP) is 6.64. The molecule has 2 aromatic heterocycles. The molecule has 1 saturated heterocycles. The summed E-state index contributed by atoms with van der Waals surface area (Å²) in [4.78, 5) is 152. The van der Waals surface area contributed by atoms with Gasteiger partial charge in [-0.15, -0.1) is 0 Å². The number of benzene rings is 4. The highest BCUT2D eigenvalue weighted by molar-refractivity contribution is 7.92. The van der Waals surface area contributed by atoms with Crippen molar-refractivity contribution < 1.29 is 90.3 Å². The van der Waals surface area contributed by atoms with Crippen LogP contribution in [0.5, 0.6) is 0 Å². The summed E-state index contributed by atoms with van der Waals surface area (Å²) in [5, 5.41) is 36.3. The van der Waals surface area contributed by atoms with Crippen LogP contribution in [-0.4, -0.2) is 170 Å². The van der Waals surface area contributed by atoms with Gasteiger partial charge in [-0.1, -0.05) is 83.1 Å². The lowest BCUT2D eigenvalue weighted by atomic mass is 9.85. The summed E-state index contributed by atoms with van der Waals surface area (Å²) in [5.41, 5.74) is 3.31. The molecule has 560 valence electrons. The molecule has 1 fully saturated rings. The van der Waals surface area contributed by atoms with Gasteiger partial charge < -0.3 is 75.3 Å². The number of nitrogens with zero attached hydrogens (tertiary/aromatic N) is 3. The number of aliphatic carboxylic acids is 2. The van der Waals surface area contributed by atoms with Crippen molar-refractivity contribution in [1.82, 2.24) is 35.7 Å². The topological polar surface area (TPSA) is 414 Å². The number of anilines is 3. The van der Waals surface area contributed by atoms with Crippen LogP contribution in [0.25, 0.3) is 22.3 Å². The van der Waals surface area contributed by atoms with Gasteiger partial charge in [-0.25, -0.2) is 32.6 Å². The zero-order valence-corrected chi connectivity index (χ0v) is 59.9. The molecule has 0 bridgehead atoms. The van der Waals surface area contributed by atoms with Crippen LogP contribution in [0.2, 0.25) is 0 Å². The molecule has 0 saturated carbocycles. The van der Waals surface area contributed by atoms with Crippen LogP contribution >= 0.6 is 0 Å². The number of nitrogens with one attached hydrogen (secondary N) is 7. The Hall–Kier alpha value is -10.6. The zero-order valence-electron chi connectivity index (χ0n) is 59.0. The van der Waals surface area contributed by atoms with Crippen molar-refractivity contribution in [3.8, 4) is 11.4 Å². The van der Waals surface area contributed by atoms with Crippen molar-refractivity contribution in [2.45, 2.75) is 147 Å². The Morgan fingerprint density at radius 3 is 2.10 bits per heavy atom. The summed E-state index contributed by atoms with van der Waals surface area (Å²) in [6, 6.07) is 22.5. The number of cyclic esters (lactones) is 1. The minimum absolute atomic E-state index is 0.0377. The second kappa shape index (κ2) is 36.2. The molecule has 0 unspecified atom stereocenters. The SMILES string of the molecule is CCCNC(=O)Nc1cccc(S(=O)(=O)Nc2cccc([C@H](CC(=O)O)CC(=O)Cc3ccc(NC(=O)NCCOCCOCCOCCC(=O)N[C@@H](CC(=O)O)C(=O)N4CCC[C@H]4C(=O)N[C@H](C(=O)O[C@]4(CC)C(=O)OCc5c4cc4n(c5=O)Cc5c-4nc4ccccc4c5CC)C(C)C)cc3)c2)c1. The molecular formula is C74H88N10O20S. The van der Waals surface area contributed by atoms with Gasteiger partial charge in [-0.05, 0) is 109 Å². The van der Waals surface area contributed by atoms with Crippen LogP contribution in [0.15, 0.2) is 113 Å². The van der Waals surface area contributed by atoms with E-state index in [0.717, 1.165) is 22.0 Å². The van der Waals surface area contributed by atoms with Gasteiger partial charge in [0, 0.05) is 78.4 Å². The number of urea groups is 2. The fourth-order valence-corrected chi connectivity index (χ4v) is 14.0. The Balaban J connectivity index is 0.657. The Morgan fingerprint density at radius 1 is 0.724 bits per heavy atom. The third-order valence-electron chi connectivity index (χ3n) is 18.2. The van der Waals surface area contributed by atoms with E-state index in [-0.39, 0.29) is 131 Å². The highest BCUT2D eigenvalue weighted by atomic mass is 32.2. The molecule has 4 aromatic carbocycles. The van der Waals surface area contributed by atoms with E-state index in [0.29, 0.717) is 54.0 Å². The number of hydrogen-bond donors (Lipinski definition) is 9. The maximum Gasteiger partial charge on any atom is 0.355 e. The fraction of sp³-hybridized carbons (Fsp3) is 0.432. The van der Waals surface area contributed by atoms with Gasteiger partial charge in [0.05, 0.1) is 86.4 Å². The molecule has 0 radical (unpaired) electrons. The van der Waals surface area contributed by atoms with Gasteiger partial charge in [0.15, 0.2) is 0 Å². The van der Waals surface area contributed by atoms with Crippen LogP contribution in [-0.2, 0) is 104 Å². The summed E-state index contributed by atoms with van der Waals surface area (Å²) in [7, 11) is -4.16. The highest BCUT2D eigenvalue weighted by Gasteiger charge is 2.52. The van der Waals surface area contributed by atoms with Crippen LogP contribution in [0.1, 0.15) is 125 Å². The quantitative estimate of drug-likeness (QED) is 0.0145. The number of ketones is 1. The number of likely N-dealkylation sites (tertiary alicyclic amines) is 1. The first kappa shape index (κ1) is 78.5. The second-order valence-electron chi connectivity index (χ2n) is 25.9. The summed E-state index contributed by atoms with van der Waals surface area (Å²) >= 11 is 0. The maximum absolute atomic E-state index is 14.4. The van der Waals surface area contributed by atoms with E-state index in [1.54, 1.807) is 73.9 Å². The lowest BCUT2D eigenvalue weighted by Crippen LogP contribution is -2.57. The molecule has 3 aliphatic rings. The van der Waals surface area contributed by atoms with E-state index >= 15 is 0 Å². The molecule has 31 heteroatoms. The number of fused-ring (bicyclic) bond motifs is 5. The van der Waals surface area contributed by atoms with E-state index in [2.05, 4.69) is 36.6 Å². The summed E-state index contributed by atoms with van der Waals surface area (Å²) in [5.74, 6) is -8.42. The number of Topliss-reactive ketones (excluding diaryl/α,β-unsaturated/α-hetero) is 1. The standard InChI is InChI=1S/C74H88N10O20S/c1-6-26-75-72(96)78-49-15-12-17-52(39-49)105(98,99)82-50-16-11-14-46(36-50)47(38-63(87)88)37-51(85)35-45-21-23-48(24-22-45)77-73(97)76-27-30-101-32-34-102-33-31-100-29-25-62(86)79-59(41-64(89)90)69(93)83-28-13-20-60(83)67(91)81-65(44(4)5)70(94)104-74(8-3)57-40-61-66-55(42-84(61)68(92)56(57)43-103-71(74)95)53(7-2)54-18-9-10-19-58(54)80-66/h9-12,14-19,21-24,36,39-40,44,47,59-60,65,82H,6-8,13,20,25-35,37-38,41-43H2,1-5H3,(H,79,86)(H,81,91)(H,87,88)(H,89,90)(H2,75,78,96)(H2,76,77,97)/t47-,59-,60-,65-,74-/m0/s1. The van der Waals surface area contributed by atoms with Crippen molar-refractivity contribution in [2.24, 2.45) is 5.92 Å². The van der Waals surface area contributed by atoms with E-state index < -0.39 is 118 Å². The number of para-hydroxylation sites is 1. The van der Waals surface area contributed by atoms with Crippen LogP contribution in [0.3, 0.4) is 0 Å². The van der Waals surface area contributed by atoms with Crippen molar-refractivity contribution in [3.05, 3.63) is 147 Å². The van der Waals surface area contributed by atoms with Gasteiger partial charge >= 0.3 is 35.9 Å². The molecule has 9 N–H and O–H groups in total. The average molecular weight is 1470 g/mol. The number of hydrogen-bond acceptors (Lipinski definition) is 19. The number of pyridine rings is 2. The normalized spacial score (nSPS) is 16.0. The molecule has 0 aliphatic carbocycles. The lowest BCUT2D eigenvalue weighted by Gasteiger charge is -2.37. The van der Waals surface area contributed by atoms with Crippen molar-refractivity contribution in [1.29, 1.82) is 0 Å². The number of carbonyl (C=O) groups excluding carboxylic acids is 8. The molecule has 5 atom stereocenters. The average Bonchev–Trinajstić information content (AvgIpc) is 1.63. The summed E-state index contributed by atoms with van der Waals surface area (Å²) in [6.07, 6.45) is 0.0626. The molecule has 3 aliphatic heterocycles. The first-order valence-corrected chi connectivity index (χ1v) is 36.4. The Bertz CT molecular complexity index is 4410. The smallest absolute Gasteiger partial charge is 0.355 e. The molecule has 6 aromatic rings. The number of rotatable bonds is 37. The largest absolute Gasteiger partial charge is 0.481 e. The van der Waals surface area contributed by atoms with Crippen LogP contribution in [0, 0.1) is 5.92 Å². The molecule has 5 heterocycles. The minimum Gasteiger partial charge on any atom is -0.481 e. The number of esters is 2. The number of carboxylic acid groups (broad SMARTS) is 2. The predicted molar refractivity (Wildman–Crippen MR) is 383 cm³/mol. The number of aromatic nitrogens is 2. The van der Waals surface area contributed by atoms with Crippen molar-refractivity contribution in [2.75, 3.05) is 74.6 Å². The molecule has 7 amide bonds. The Morgan fingerprint density at radius 2 is 1.40 bits per heavy atom.